The maximum absolute atomic E-state index is 12.3. The maximum atomic E-state index is 12.3. The highest BCUT2D eigenvalue weighted by molar-refractivity contribution is 7.13. The molecule has 0 aliphatic heterocycles. The molecule has 0 aliphatic rings. The van der Waals surface area contributed by atoms with E-state index in [2.05, 4.69) is 15.3 Å². The lowest BCUT2D eigenvalue weighted by Crippen LogP contribution is -2.28. The average molecular weight is 357 g/mol. The number of hydrogen-bond donors (Lipinski definition) is 2. The number of aromatic nitrogens is 3. The normalized spacial score (nSPS) is 10.9. The summed E-state index contributed by atoms with van der Waals surface area (Å²) in [6.07, 6.45) is 3.31. The molecule has 0 saturated carbocycles. The van der Waals surface area contributed by atoms with Crippen LogP contribution in [0.4, 0.5) is 5.13 Å². The van der Waals surface area contributed by atoms with Crippen LogP contribution in [-0.2, 0) is 17.8 Å². The average Bonchev–Trinajstić information content (AvgIpc) is 3.04. The van der Waals surface area contributed by atoms with Gasteiger partial charge in [-0.05, 0) is 25.0 Å². The minimum absolute atomic E-state index is 0.0853. The topological polar surface area (TPSA) is 103 Å². The van der Waals surface area contributed by atoms with Crippen LogP contribution in [0.2, 0.25) is 0 Å². The van der Waals surface area contributed by atoms with Crippen LogP contribution in [0.15, 0.2) is 40.8 Å². The second-order valence-electron chi connectivity index (χ2n) is 5.64. The van der Waals surface area contributed by atoms with Crippen LogP contribution in [-0.4, -0.2) is 27.0 Å². The molecule has 0 unspecified atom stereocenters. The van der Waals surface area contributed by atoms with E-state index < -0.39 is 0 Å². The predicted molar refractivity (Wildman–Crippen MR) is 98.5 cm³/mol. The van der Waals surface area contributed by atoms with Crippen LogP contribution < -0.4 is 16.6 Å². The summed E-state index contributed by atoms with van der Waals surface area (Å²) in [7, 11) is 0. The number of hydrogen-bond acceptors (Lipinski definition) is 6. The fraction of sp³-hybridized carbons (Fsp3) is 0.294. The molecule has 0 spiro atoms. The summed E-state index contributed by atoms with van der Waals surface area (Å²) < 4.78 is 1.47. The summed E-state index contributed by atoms with van der Waals surface area (Å²) >= 11 is 1.42. The van der Waals surface area contributed by atoms with E-state index in [4.69, 9.17) is 5.73 Å². The van der Waals surface area contributed by atoms with Crippen LogP contribution in [0.1, 0.15) is 18.5 Å². The van der Waals surface area contributed by atoms with Gasteiger partial charge in [-0.1, -0.05) is 12.1 Å². The zero-order valence-electron chi connectivity index (χ0n) is 13.6. The lowest BCUT2D eigenvalue weighted by Gasteiger charge is -2.07. The van der Waals surface area contributed by atoms with Gasteiger partial charge in [0.2, 0.25) is 5.91 Å². The number of carbonyl (C=O) groups is 1. The number of fused-ring (bicyclic) bond motifs is 1. The van der Waals surface area contributed by atoms with Crippen LogP contribution in [0, 0.1) is 0 Å². The third-order valence-electron chi connectivity index (χ3n) is 3.81. The second kappa shape index (κ2) is 7.89. The highest BCUT2D eigenvalue weighted by atomic mass is 32.1. The van der Waals surface area contributed by atoms with Crippen LogP contribution >= 0.6 is 11.3 Å². The van der Waals surface area contributed by atoms with E-state index in [1.54, 1.807) is 18.2 Å². The number of nitrogens with two attached hydrogens (primary N) is 1. The minimum atomic E-state index is -0.125. The lowest BCUT2D eigenvalue weighted by molar-refractivity contribution is -0.121. The van der Waals surface area contributed by atoms with E-state index in [0.29, 0.717) is 29.1 Å². The van der Waals surface area contributed by atoms with E-state index in [1.165, 1.54) is 22.2 Å². The quantitative estimate of drug-likeness (QED) is 0.625. The van der Waals surface area contributed by atoms with Crippen molar-refractivity contribution in [2.45, 2.75) is 25.8 Å². The van der Waals surface area contributed by atoms with Gasteiger partial charge in [0.25, 0.3) is 5.56 Å². The smallest absolute Gasteiger partial charge is 0.261 e. The van der Waals surface area contributed by atoms with E-state index in [-0.39, 0.29) is 17.9 Å². The molecule has 2 aromatic heterocycles. The number of amides is 1. The number of para-hydroxylation sites is 1. The Kier molecular flexibility index (Phi) is 5.39. The van der Waals surface area contributed by atoms with E-state index in [0.717, 1.165) is 18.5 Å². The monoisotopic (exact) mass is 357 g/mol. The fourth-order valence-corrected chi connectivity index (χ4v) is 3.11. The molecule has 3 rings (SSSR count). The Morgan fingerprint density at radius 2 is 2.16 bits per heavy atom. The molecule has 1 aromatic carbocycles. The Balaban J connectivity index is 1.46. The fourth-order valence-electron chi connectivity index (χ4n) is 2.51. The van der Waals surface area contributed by atoms with Gasteiger partial charge in [-0.2, -0.15) is 0 Å². The highest BCUT2D eigenvalue weighted by Gasteiger charge is 2.06. The molecule has 2 heterocycles. The van der Waals surface area contributed by atoms with Crippen molar-refractivity contribution in [1.29, 1.82) is 0 Å². The molecule has 8 heteroatoms. The van der Waals surface area contributed by atoms with Gasteiger partial charge in [-0.3, -0.25) is 14.2 Å². The van der Waals surface area contributed by atoms with Crippen molar-refractivity contribution in [3.05, 3.63) is 52.0 Å². The van der Waals surface area contributed by atoms with Gasteiger partial charge < -0.3 is 11.1 Å². The number of anilines is 1. The molecule has 7 nitrogen and oxygen atoms in total. The zero-order valence-corrected chi connectivity index (χ0v) is 14.5. The van der Waals surface area contributed by atoms with Crippen molar-refractivity contribution in [3.8, 4) is 0 Å². The SMILES string of the molecule is Nc1nc(CCCNC(=O)CCn2cnc3ccccc3c2=O)cs1. The summed E-state index contributed by atoms with van der Waals surface area (Å²) in [6.45, 7) is 0.881. The molecule has 0 saturated heterocycles. The minimum Gasteiger partial charge on any atom is -0.375 e. The number of aryl methyl sites for hydroxylation is 2. The summed E-state index contributed by atoms with van der Waals surface area (Å²) in [5.41, 5.74) is 7.06. The first-order chi connectivity index (χ1) is 12.1. The maximum Gasteiger partial charge on any atom is 0.261 e. The first-order valence-electron chi connectivity index (χ1n) is 8.04. The molecule has 0 radical (unpaired) electrons. The Bertz CT molecular complexity index is 934. The van der Waals surface area contributed by atoms with Crippen LogP contribution in [0.25, 0.3) is 10.9 Å². The second-order valence-corrected chi connectivity index (χ2v) is 6.53. The standard InChI is InChI=1S/C17H19N5O2S/c18-17-21-12(10-25-17)4-3-8-19-15(23)7-9-22-11-20-14-6-2-1-5-13(14)16(22)24/h1-2,5-6,10-11H,3-4,7-9H2,(H2,18,21)(H,19,23). The van der Waals surface area contributed by atoms with Crippen molar-refractivity contribution in [1.82, 2.24) is 19.9 Å². The van der Waals surface area contributed by atoms with Crippen molar-refractivity contribution in [2.24, 2.45) is 0 Å². The zero-order chi connectivity index (χ0) is 17.6. The van der Waals surface area contributed by atoms with Gasteiger partial charge >= 0.3 is 0 Å². The summed E-state index contributed by atoms with van der Waals surface area (Å²) in [6, 6.07) is 7.18. The molecule has 3 aromatic rings. The Hall–Kier alpha value is -2.74. The summed E-state index contributed by atoms with van der Waals surface area (Å²) in [5, 5.41) is 5.91. The molecule has 130 valence electrons. The molecule has 0 aliphatic carbocycles. The number of benzene rings is 1. The first kappa shape index (κ1) is 17.1. The molecular formula is C17H19N5O2S. The Labute approximate surface area is 148 Å². The number of rotatable bonds is 7. The van der Waals surface area contributed by atoms with E-state index in [9.17, 15) is 9.59 Å². The largest absolute Gasteiger partial charge is 0.375 e. The van der Waals surface area contributed by atoms with Crippen molar-refractivity contribution in [3.63, 3.8) is 0 Å². The molecule has 0 atom stereocenters. The Morgan fingerprint density at radius 3 is 2.96 bits per heavy atom. The van der Waals surface area contributed by atoms with E-state index >= 15 is 0 Å². The van der Waals surface area contributed by atoms with Gasteiger partial charge in [-0.25, -0.2) is 9.97 Å². The molecule has 1 amide bonds. The molecular weight excluding hydrogens is 338 g/mol. The third kappa shape index (κ3) is 4.42. The third-order valence-corrected chi connectivity index (χ3v) is 4.54. The molecule has 0 fully saturated rings. The highest BCUT2D eigenvalue weighted by Crippen LogP contribution is 2.12. The molecule has 3 N–H and O–H groups in total. The van der Waals surface area contributed by atoms with Crippen LogP contribution in [0.3, 0.4) is 0 Å². The van der Waals surface area contributed by atoms with E-state index in [1.807, 2.05) is 11.4 Å². The number of nitrogens with zero attached hydrogens (tertiary/aromatic N) is 3. The first-order valence-corrected chi connectivity index (χ1v) is 8.92. The molecule has 0 bridgehead atoms. The van der Waals surface area contributed by atoms with Crippen molar-refractivity contribution in [2.75, 3.05) is 12.3 Å². The van der Waals surface area contributed by atoms with Gasteiger partial charge in [0, 0.05) is 24.9 Å². The van der Waals surface area contributed by atoms with Gasteiger partial charge in [-0.15, -0.1) is 11.3 Å². The van der Waals surface area contributed by atoms with Crippen LogP contribution in [0.5, 0.6) is 0 Å². The number of carbonyl (C=O) groups excluding carboxylic acids is 1. The van der Waals surface area contributed by atoms with Gasteiger partial charge in [0.1, 0.15) is 0 Å². The number of nitrogen functional groups attached to an aromatic ring is 1. The molecule has 25 heavy (non-hydrogen) atoms. The number of thiazole rings is 1. The van der Waals surface area contributed by atoms with Gasteiger partial charge in [0.15, 0.2) is 5.13 Å². The number of nitrogens with one attached hydrogen (secondary N) is 1. The Morgan fingerprint density at radius 1 is 1.32 bits per heavy atom. The predicted octanol–water partition coefficient (Wildman–Crippen LogP) is 1.57. The van der Waals surface area contributed by atoms with Crippen molar-refractivity contribution >= 4 is 33.3 Å². The van der Waals surface area contributed by atoms with Gasteiger partial charge in [0.05, 0.1) is 22.9 Å². The lowest BCUT2D eigenvalue weighted by atomic mass is 10.2. The van der Waals surface area contributed by atoms with Crippen molar-refractivity contribution < 1.29 is 4.79 Å². The summed E-state index contributed by atoms with van der Waals surface area (Å²) in [4.78, 5) is 32.7. The summed E-state index contributed by atoms with van der Waals surface area (Å²) in [5.74, 6) is -0.0853.